The molecule has 0 spiro atoms. The summed E-state index contributed by atoms with van der Waals surface area (Å²) < 4.78 is 22.8. The molecule has 0 amide bonds. The number of sulfone groups is 1. The first-order valence-corrected chi connectivity index (χ1v) is 6.05. The number of hydrogen-bond donors (Lipinski definition) is 0. The van der Waals surface area contributed by atoms with Gasteiger partial charge in [-0.25, -0.2) is 13.4 Å². The van der Waals surface area contributed by atoms with Crippen LogP contribution in [0.4, 0.5) is 5.69 Å². The van der Waals surface area contributed by atoms with Crippen LogP contribution in [0.15, 0.2) is 23.4 Å². The number of halogens is 1. The van der Waals surface area contributed by atoms with Crippen molar-refractivity contribution in [2.24, 2.45) is 0 Å². The van der Waals surface area contributed by atoms with Crippen molar-refractivity contribution in [2.45, 2.75) is 5.03 Å². The zero-order valence-electron chi connectivity index (χ0n) is 7.46. The molecular weight excluding hydrogens is 244 g/mol. The number of nitro groups is 1. The Kier molecular flexibility index (Phi) is 3.59. The Labute approximate surface area is 91.0 Å². The number of hydrogen-bond acceptors (Lipinski definition) is 5. The highest BCUT2D eigenvalue weighted by Crippen LogP contribution is 2.13. The minimum Gasteiger partial charge on any atom is -0.258 e. The molecule has 15 heavy (non-hydrogen) atoms. The highest BCUT2D eigenvalue weighted by molar-refractivity contribution is 7.91. The van der Waals surface area contributed by atoms with Crippen LogP contribution in [-0.4, -0.2) is 30.0 Å². The monoisotopic (exact) mass is 250 g/mol. The van der Waals surface area contributed by atoms with Crippen LogP contribution in [0.25, 0.3) is 0 Å². The molecule has 82 valence electrons. The molecule has 0 aliphatic carbocycles. The fourth-order valence-corrected chi connectivity index (χ4v) is 2.38. The lowest BCUT2D eigenvalue weighted by Crippen LogP contribution is -2.09. The lowest BCUT2D eigenvalue weighted by Gasteiger charge is -1.99. The van der Waals surface area contributed by atoms with E-state index in [2.05, 4.69) is 4.98 Å². The van der Waals surface area contributed by atoms with Crippen molar-refractivity contribution in [1.82, 2.24) is 4.98 Å². The molecule has 0 aromatic carbocycles. The first kappa shape index (κ1) is 11.9. The molecule has 1 heterocycles. The molecule has 0 unspecified atom stereocenters. The van der Waals surface area contributed by atoms with Crippen LogP contribution < -0.4 is 0 Å². The van der Waals surface area contributed by atoms with Gasteiger partial charge in [-0.15, -0.1) is 11.6 Å². The Hall–Kier alpha value is -1.21. The zero-order valence-corrected chi connectivity index (χ0v) is 9.03. The predicted octanol–water partition coefficient (Wildman–Crippen LogP) is 1.00. The lowest BCUT2D eigenvalue weighted by molar-refractivity contribution is -0.385. The van der Waals surface area contributed by atoms with Crippen LogP contribution >= 0.6 is 11.6 Å². The van der Waals surface area contributed by atoms with Gasteiger partial charge in [0, 0.05) is 11.9 Å². The van der Waals surface area contributed by atoms with E-state index in [0.29, 0.717) is 0 Å². The Morgan fingerprint density at radius 3 is 2.53 bits per heavy atom. The van der Waals surface area contributed by atoms with E-state index in [1.165, 1.54) is 0 Å². The van der Waals surface area contributed by atoms with Gasteiger partial charge in [-0.1, -0.05) is 0 Å². The molecule has 0 saturated heterocycles. The van der Waals surface area contributed by atoms with Gasteiger partial charge in [0.1, 0.15) is 6.20 Å². The van der Waals surface area contributed by atoms with E-state index in [0.717, 1.165) is 18.3 Å². The summed E-state index contributed by atoms with van der Waals surface area (Å²) in [6, 6.07) is 2.19. The van der Waals surface area contributed by atoms with E-state index >= 15 is 0 Å². The second-order valence-corrected chi connectivity index (χ2v) is 5.05. The maximum Gasteiger partial charge on any atom is 0.287 e. The molecule has 0 radical (unpaired) electrons. The summed E-state index contributed by atoms with van der Waals surface area (Å²) in [6.45, 7) is 0. The van der Waals surface area contributed by atoms with E-state index in [4.69, 9.17) is 11.6 Å². The first-order valence-electron chi connectivity index (χ1n) is 3.86. The van der Waals surface area contributed by atoms with Gasteiger partial charge in [0.25, 0.3) is 5.69 Å². The summed E-state index contributed by atoms with van der Waals surface area (Å²) in [5.41, 5.74) is -0.250. The van der Waals surface area contributed by atoms with Crippen LogP contribution in [0.5, 0.6) is 0 Å². The molecule has 8 heteroatoms. The summed E-state index contributed by atoms with van der Waals surface area (Å²) in [4.78, 5) is 13.1. The fourth-order valence-electron chi connectivity index (χ4n) is 0.871. The van der Waals surface area contributed by atoms with E-state index < -0.39 is 14.8 Å². The van der Waals surface area contributed by atoms with Crippen molar-refractivity contribution in [1.29, 1.82) is 0 Å². The van der Waals surface area contributed by atoms with Gasteiger partial charge < -0.3 is 0 Å². The molecule has 0 fully saturated rings. The van der Waals surface area contributed by atoms with Crippen LogP contribution in [0, 0.1) is 10.1 Å². The average molecular weight is 251 g/mol. The molecule has 1 rings (SSSR count). The molecule has 0 N–H and O–H groups in total. The molecule has 0 bridgehead atoms. The summed E-state index contributed by atoms with van der Waals surface area (Å²) in [6.07, 6.45) is 0.904. The third kappa shape index (κ3) is 2.87. The molecule has 0 aliphatic rings. The van der Waals surface area contributed by atoms with Gasteiger partial charge >= 0.3 is 0 Å². The second-order valence-electron chi connectivity index (χ2n) is 2.62. The van der Waals surface area contributed by atoms with Crippen LogP contribution in [0.3, 0.4) is 0 Å². The lowest BCUT2D eigenvalue weighted by atomic mass is 10.4. The zero-order chi connectivity index (χ0) is 11.5. The normalized spacial score (nSPS) is 11.3. The van der Waals surface area contributed by atoms with Crippen LogP contribution in [0.1, 0.15) is 0 Å². The molecule has 0 atom stereocenters. The summed E-state index contributed by atoms with van der Waals surface area (Å²) in [5.74, 6) is -0.277. The van der Waals surface area contributed by atoms with E-state index in [-0.39, 0.29) is 22.3 Å². The van der Waals surface area contributed by atoms with E-state index in [9.17, 15) is 18.5 Å². The quantitative estimate of drug-likeness (QED) is 0.452. The Morgan fingerprint density at radius 1 is 1.47 bits per heavy atom. The van der Waals surface area contributed by atoms with Crippen molar-refractivity contribution in [3.63, 3.8) is 0 Å². The third-order valence-corrected chi connectivity index (χ3v) is 3.63. The van der Waals surface area contributed by atoms with Gasteiger partial charge in [0.15, 0.2) is 14.9 Å². The van der Waals surface area contributed by atoms with Crippen molar-refractivity contribution >= 4 is 27.1 Å². The molecule has 0 saturated carbocycles. The SMILES string of the molecule is O=[N+]([O-])c1ccc(S(=O)(=O)CCCl)nc1. The van der Waals surface area contributed by atoms with Gasteiger partial charge in [0.05, 0.1) is 10.7 Å². The smallest absolute Gasteiger partial charge is 0.258 e. The Morgan fingerprint density at radius 2 is 2.13 bits per heavy atom. The third-order valence-electron chi connectivity index (χ3n) is 1.60. The minimum atomic E-state index is -3.52. The number of alkyl halides is 1. The highest BCUT2D eigenvalue weighted by Gasteiger charge is 2.16. The number of rotatable bonds is 4. The largest absolute Gasteiger partial charge is 0.287 e. The minimum absolute atomic E-state index is 0.0407. The molecule has 6 nitrogen and oxygen atoms in total. The highest BCUT2D eigenvalue weighted by atomic mass is 35.5. The number of pyridine rings is 1. The molecular formula is C7H7ClN2O4S. The second kappa shape index (κ2) is 4.54. The van der Waals surface area contributed by atoms with Crippen molar-refractivity contribution < 1.29 is 13.3 Å². The van der Waals surface area contributed by atoms with Gasteiger partial charge in [0.2, 0.25) is 0 Å². The topological polar surface area (TPSA) is 90.2 Å². The molecule has 0 aliphatic heterocycles. The number of nitrogens with zero attached hydrogens (tertiary/aromatic N) is 2. The predicted molar refractivity (Wildman–Crippen MR) is 53.7 cm³/mol. The van der Waals surface area contributed by atoms with Crippen LogP contribution in [0.2, 0.25) is 0 Å². The summed E-state index contributed by atoms with van der Waals surface area (Å²) in [7, 11) is -3.52. The molecule has 1 aromatic heterocycles. The maximum absolute atomic E-state index is 11.4. The standard InChI is InChI=1S/C7H7ClN2O4S/c8-3-4-15(13,14)7-2-1-6(5-9-7)10(11)12/h1-2,5H,3-4H2. The Bertz CT molecular complexity index is 456. The van der Waals surface area contributed by atoms with E-state index in [1.54, 1.807) is 0 Å². The Balaban J connectivity index is 3.04. The molecule has 1 aromatic rings. The average Bonchev–Trinajstić information content (AvgIpc) is 2.18. The van der Waals surface area contributed by atoms with Gasteiger partial charge in [-0.2, -0.15) is 0 Å². The first-order chi connectivity index (χ1) is 6.97. The fraction of sp³-hybridized carbons (Fsp3) is 0.286. The van der Waals surface area contributed by atoms with Gasteiger partial charge in [-0.3, -0.25) is 10.1 Å². The summed E-state index contributed by atoms with van der Waals surface area (Å²) >= 11 is 5.30. The summed E-state index contributed by atoms with van der Waals surface area (Å²) in [5, 5.41) is 10.1. The van der Waals surface area contributed by atoms with Gasteiger partial charge in [-0.05, 0) is 6.07 Å². The van der Waals surface area contributed by atoms with E-state index in [1.807, 2.05) is 0 Å². The van der Waals surface area contributed by atoms with Crippen molar-refractivity contribution in [3.8, 4) is 0 Å². The number of aromatic nitrogens is 1. The van der Waals surface area contributed by atoms with Crippen LogP contribution in [-0.2, 0) is 9.84 Å². The van der Waals surface area contributed by atoms with Crippen molar-refractivity contribution in [3.05, 3.63) is 28.4 Å². The maximum atomic E-state index is 11.4. The van der Waals surface area contributed by atoms with Crippen molar-refractivity contribution in [2.75, 3.05) is 11.6 Å².